The first-order valence-electron chi connectivity index (χ1n) is 10.3. The molecular weight excluding hydrogens is 366 g/mol. The molecule has 1 fully saturated rings. The highest BCUT2D eigenvalue weighted by molar-refractivity contribution is 6.03. The molecule has 0 aromatic heterocycles. The van der Waals surface area contributed by atoms with Crippen molar-refractivity contribution in [3.63, 3.8) is 0 Å². The van der Waals surface area contributed by atoms with E-state index >= 15 is 0 Å². The maximum Gasteiger partial charge on any atom is 0.169 e. The molecule has 0 amide bonds. The zero-order chi connectivity index (χ0) is 20.4. The highest BCUT2D eigenvalue weighted by Crippen LogP contribution is 2.39. The van der Waals surface area contributed by atoms with Gasteiger partial charge < -0.3 is 14.6 Å². The smallest absolute Gasteiger partial charge is 0.169 e. The summed E-state index contributed by atoms with van der Waals surface area (Å²) >= 11 is 0. The van der Waals surface area contributed by atoms with E-state index in [4.69, 9.17) is 9.47 Å². The average Bonchev–Trinajstić information content (AvgIpc) is 3.09. The third-order valence-electron chi connectivity index (χ3n) is 6.43. The van der Waals surface area contributed by atoms with Crippen LogP contribution in [0.3, 0.4) is 0 Å². The summed E-state index contributed by atoms with van der Waals surface area (Å²) in [7, 11) is 3.16. The number of ketones is 1. The van der Waals surface area contributed by atoms with Gasteiger partial charge in [0.05, 0.1) is 26.2 Å². The molecule has 29 heavy (non-hydrogen) atoms. The molecule has 0 radical (unpaired) electrons. The third-order valence-corrected chi connectivity index (χ3v) is 6.43. The lowest BCUT2D eigenvalue weighted by Crippen LogP contribution is -2.41. The number of rotatable bonds is 6. The minimum atomic E-state index is -0.606. The van der Waals surface area contributed by atoms with Crippen LogP contribution in [0.25, 0.3) is 0 Å². The van der Waals surface area contributed by atoms with Crippen LogP contribution in [-0.2, 0) is 13.0 Å². The minimum Gasteiger partial charge on any atom is -0.493 e. The van der Waals surface area contributed by atoms with Gasteiger partial charge in [-0.3, -0.25) is 9.69 Å². The maximum atomic E-state index is 13.0. The summed E-state index contributed by atoms with van der Waals surface area (Å²) in [5, 5.41) is 11.0. The van der Waals surface area contributed by atoms with Crippen molar-refractivity contribution in [2.24, 2.45) is 11.8 Å². The van der Waals surface area contributed by atoms with Crippen LogP contribution >= 0.6 is 0 Å². The molecule has 2 aromatic carbocycles. The lowest BCUT2D eigenvalue weighted by molar-refractivity contribution is 0.0202. The summed E-state index contributed by atoms with van der Waals surface area (Å²) in [6.45, 7) is 2.84. The summed E-state index contributed by atoms with van der Waals surface area (Å²) in [4.78, 5) is 15.4. The Labute approximate surface area is 172 Å². The minimum absolute atomic E-state index is 0.0279. The molecule has 5 heteroatoms. The lowest BCUT2D eigenvalue weighted by Gasteiger charge is -2.35. The Morgan fingerprint density at radius 2 is 1.72 bits per heavy atom. The molecule has 0 bridgehead atoms. The molecule has 2 atom stereocenters. The van der Waals surface area contributed by atoms with Gasteiger partial charge >= 0.3 is 0 Å². The van der Waals surface area contributed by atoms with Gasteiger partial charge in [0, 0.05) is 12.1 Å². The molecule has 1 heterocycles. The number of aliphatic hydroxyl groups excluding tert-OH is 1. The van der Waals surface area contributed by atoms with Crippen molar-refractivity contribution >= 4 is 5.78 Å². The van der Waals surface area contributed by atoms with Gasteiger partial charge in [-0.15, -0.1) is 0 Å². The van der Waals surface area contributed by atoms with E-state index in [-0.39, 0.29) is 17.6 Å². The van der Waals surface area contributed by atoms with Crippen molar-refractivity contribution in [1.29, 1.82) is 0 Å². The molecule has 5 nitrogen and oxygen atoms in total. The topological polar surface area (TPSA) is 59.0 Å². The van der Waals surface area contributed by atoms with Gasteiger partial charge in [-0.1, -0.05) is 30.3 Å². The van der Waals surface area contributed by atoms with Crippen molar-refractivity contribution in [2.75, 3.05) is 27.3 Å². The zero-order valence-electron chi connectivity index (χ0n) is 17.1. The molecule has 2 unspecified atom stereocenters. The van der Waals surface area contributed by atoms with Gasteiger partial charge in [-0.25, -0.2) is 0 Å². The van der Waals surface area contributed by atoms with Gasteiger partial charge in [-0.2, -0.15) is 0 Å². The average molecular weight is 395 g/mol. The Hall–Kier alpha value is -2.37. The number of hydrogen-bond acceptors (Lipinski definition) is 5. The maximum absolute atomic E-state index is 13.0. The molecule has 1 saturated heterocycles. The zero-order valence-corrected chi connectivity index (χ0v) is 17.1. The summed E-state index contributed by atoms with van der Waals surface area (Å²) in [5.74, 6) is 1.01. The Kier molecular flexibility index (Phi) is 5.88. The molecule has 0 spiro atoms. The van der Waals surface area contributed by atoms with Crippen LogP contribution in [0.2, 0.25) is 0 Å². The summed E-state index contributed by atoms with van der Waals surface area (Å²) in [5.41, 5.74) is 2.92. The van der Waals surface area contributed by atoms with Gasteiger partial charge in [0.25, 0.3) is 0 Å². The second-order valence-corrected chi connectivity index (χ2v) is 8.13. The molecule has 1 aliphatic heterocycles. The number of nitrogens with zero attached hydrogens (tertiary/aromatic N) is 1. The monoisotopic (exact) mass is 395 g/mol. The third kappa shape index (κ3) is 4.02. The Morgan fingerprint density at radius 1 is 1.07 bits per heavy atom. The number of Topliss-reactive ketones (excluding diaryl/α,β-unsaturated/α-hetero) is 1. The van der Waals surface area contributed by atoms with Gasteiger partial charge in [-0.05, 0) is 61.5 Å². The van der Waals surface area contributed by atoms with Gasteiger partial charge in [0.15, 0.2) is 17.3 Å². The second-order valence-electron chi connectivity index (χ2n) is 8.13. The summed E-state index contributed by atoms with van der Waals surface area (Å²) in [6, 6.07) is 14.1. The van der Waals surface area contributed by atoms with Crippen LogP contribution in [0, 0.1) is 11.8 Å². The normalized spacial score (nSPS) is 21.1. The molecule has 1 aliphatic carbocycles. The number of fused-ring (bicyclic) bond motifs is 1. The molecule has 1 N–H and O–H groups in total. The standard InChI is InChI=1S/C24H29NO4/c1-28-21-13-18-12-20(24(27)19(18)14-22(21)29-2)23(26)17-8-10-25(11-9-17)15-16-6-4-3-5-7-16/h3-7,13-14,17,20,23,26H,8-12,15H2,1-2H3. The van der Waals surface area contributed by atoms with Crippen LogP contribution < -0.4 is 9.47 Å². The van der Waals surface area contributed by atoms with E-state index in [9.17, 15) is 9.90 Å². The first-order chi connectivity index (χ1) is 14.1. The van der Waals surface area contributed by atoms with E-state index in [2.05, 4.69) is 29.2 Å². The van der Waals surface area contributed by atoms with Crippen LogP contribution in [0.1, 0.15) is 34.3 Å². The van der Waals surface area contributed by atoms with E-state index in [0.717, 1.165) is 38.0 Å². The van der Waals surface area contributed by atoms with E-state index in [1.165, 1.54) is 5.56 Å². The van der Waals surface area contributed by atoms with E-state index in [1.807, 2.05) is 12.1 Å². The van der Waals surface area contributed by atoms with E-state index < -0.39 is 6.10 Å². The van der Waals surface area contributed by atoms with Gasteiger partial charge in [0.1, 0.15) is 0 Å². The first-order valence-corrected chi connectivity index (χ1v) is 10.3. The number of methoxy groups -OCH3 is 2. The number of aliphatic hydroxyl groups is 1. The van der Waals surface area contributed by atoms with E-state index in [1.54, 1.807) is 20.3 Å². The predicted octanol–water partition coefficient (Wildman–Crippen LogP) is 3.33. The summed E-state index contributed by atoms with van der Waals surface area (Å²) < 4.78 is 10.7. The van der Waals surface area contributed by atoms with Crippen molar-refractivity contribution in [1.82, 2.24) is 4.90 Å². The fourth-order valence-electron chi connectivity index (χ4n) is 4.75. The Bertz CT molecular complexity index is 859. The van der Waals surface area contributed by atoms with Crippen molar-refractivity contribution in [3.8, 4) is 11.5 Å². The molecule has 2 aliphatic rings. The molecule has 2 aromatic rings. The second kappa shape index (κ2) is 8.56. The largest absolute Gasteiger partial charge is 0.493 e. The van der Waals surface area contributed by atoms with E-state index in [0.29, 0.717) is 23.5 Å². The molecule has 4 rings (SSSR count). The van der Waals surface area contributed by atoms with Crippen molar-refractivity contribution in [3.05, 3.63) is 59.2 Å². The van der Waals surface area contributed by atoms with Crippen LogP contribution in [0.5, 0.6) is 11.5 Å². The lowest BCUT2D eigenvalue weighted by atomic mass is 9.82. The predicted molar refractivity (Wildman–Crippen MR) is 112 cm³/mol. The van der Waals surface area contributed by atoms with Crippen molar-refractivity contribution in [2.45, 2.75) is 31.9 Å². The van der Waals surface area contributed by atoms with Crippen LogP contribution in [0.15, 0.2) is 42.5 Å². The molecule has 154 valence electrons. The van der Waals surface area contributed by atoms with Crippen LogP contribution in [0.4, 0.5) is 0 Å². The summed E-state index contributed by atoms with van der Waals surface area (Å²) in [6.07, 6.45) is 1.80. The van der Waals surface area contributed by atoms with Crippen LogP contribution in [-0.4, -0.2) is 49.2 Å². The number of ether oxygens (including phenoxy) is 2. The Balaban J connectivity index is 1.39. The number of piperidine rings is 1. The van der Waals surface area contributed by atoms with Crippen molar-refractivity contribution < 1.29 is 19.4 Å². The quantitative estimate of drug-likeness (QED) is 0.813. The Morgan fingerprint density at radius 3 is 2.38 bits per heavy atom. The number of carbonyl (C=O) groups excluding carboxylic acids is 1. The number of benzene rings is 2. The highest BCUT2D eigenvalue weighted by Gasteiger charge is 2.40. The number of carbonyl (C=O) groups is 1. The fraction of sp³-hybridized carbons (Fsp3) is 0.458. The number of likely N-dealkylation sites (tertiary alicyclic amines) is 1. The first kappa shape index (κ1) is 19.9. The SMILES string of the molecule is COc1cc2c(cc1OC)C(=O)C(C(O)C1CCN(Cc3ccccc3)CC1)C2. The van der Waals surface area contributed by atoms with Gasteiger partial charge in [0.2, 0.25) is 0 Å². The highest BCUT2D eigenvalue weighted by atomic mass is 16.5. The molecular formula is C24H29NO4. The number of hydrogen-bond donors (Lipinski definition) is 1. The molecule has 0 saturated carbocycles. The fourth-order valence-corrected chi connectivity index (χ4v) is 4.75.